The van der Waals surface area contributed by atoms with Crippen molar-refractivity contribution in [1.82, 2.24) is 19.4 Å². The van der Waals surface area contributed by atoms with Gasteiger partial charge >= 0.3 is 0 Å². The average molecular weight is 701 g/mol. The summed E-state index contributed by atoms with van der Waals surface area (Å²) in [6.07, 6.45) is 2.76. The van der Waals surface area contributed by atoms with Crippen molar-refractivity contribution in [3.63, 3.8) is 0 Å². The molecule has 1 aromatic heterocycles. The second-order valence-corrected chi connectivity index (χ2v) is 13.3. The van der Waals surface area contributed by atoms with Gasteiger partial charge in [0.05, 0.1) is 45.0 Å². The summed E-state index contributed by atoms with van der Waals surface area (Å²) in [7, 11) is 4.66. The number of carbonyl (C=O) groups excluding carboxylic acids is 1. The minimum Gasteiger partial charge on any atom is -0.493 e. The normalized spacial score (nSPS) is 18.2. The summed E-state index contributed by atoms with van der Waals surface area (Å²) in [5.74, 6) is 2.25. The Balaban J connectivity index is 1.17. The first-order valence-corrected chi connectivity index (χ1v) is 17.5. The molecular formula is C38H45ClN6O5. The zero-order valence-electron chi connectivity index (χ0n) is 29.1. The number of aromatic nitrogens is 2. The van der Waals surface area contributed by atoms with Crippen LogP contribution in [0, 0.1) is 11.3 Å². The van der Waals surface area contributed by atoms with Crippen molar-refractivity contribution in [2.75, 3.05) is 85.3 Å². The molecule has 0 N–H and O–H groups in total. The monoisotopic (exact) mass is 700 g/mol. The number of ether oxygens (including phenoxy) is 4. The Morgan fingerprint density at radius 1 is 0.940 bits per heavy atom. The zero-order valence-corrected chi connectivity index (χ0v) is 29.8. The summed E-state index contributed by atoms with van der Waals surface area (Å²) in [6, 6.07) is 21.8. The Bertz CT molecular complexity index is 1800. The quantitative estimate of drug-likeness (QED) is 0.164. The number of halogens is 1. The van der Waals surface area contributed by atoms with Crippen LogP contribution in [0.4, 0.5) is 5.95 Å². The Hall–Kier alpha value is -4.50. The summed E-state index contributed by atoms with van der Waals surface area (Å²) in [4.78, 5) is 25.9. The van der Waals surface area contributed by atoms with Gasteiger partial charge in [-0.3, -0.25) is 4.79 Å². The van der Waals surface area contributed by atoms with Crippen LogP contribution in [-0.4, -0.2) is 106 Å². The van der Waals surface area contributed by atoms with Gasteiger partial charge < -0.3 is 38.2 Å². The lowest BCUT2D eigenvalue weighted by Gasteiger charge is -2.33. The Morgan fingerprint density at radius 3 is 2.42 bits per heavy atom. The number of para-hydroxylation sites is 2. The van der Waals surface area contributed by atoms with Gasteiger partial charge in [0, 0.05) is 55.3 Å². The maximum absolute atomic E-state index is 14.0. The number of hydrogen-bond acceptors (Lipinski definition) is 9. The number of methoxy groups -OCH3 is 3. The van der Waals surface area contributed by atoms with Gasteiger partial charge in [0.15, 0.2) is 11.5 Å². The summed E-state index contributed by atoms with van der Waals surface area (Å²) in [5.41, 5.74) is 3.51. The first-order chi connectivity index (χ1) is 24.4. The Kier molecular flexibility index (Phi) is 11.3. The molecule has 4 aromatic rings. The predicted molar refractivity (Wildman–Crippen MR) is 194 cm³/mol. The maximum atomic E-state index is 14.0. The third-order valence-electron chi connectivity index (χ3n) is 10.0. The third kappa shape index (κ3) is 7.48. The van der Waals surface area contributed by atoms with Crippen molar-refractivity contribution in [3.05, 3.63) is 76.8 Å². The minimum atomic E-state index is -0.218. The molecule has 11 nitrogen and oxygen atoms in total. The highest BCUT2D eigenvalue weighted by Crippen LogP contribution is 2.42. The van der Waals surface area contributed by atoms with Gasteiger partial charge in [-0.1, -0.05) is 35.9 Å². The number of anilines is 1. The lowest BCUT2D eigenvalue weighted by Crippen LogP contribution is -2.39. The van der Waals surface area contributed by atoms with Gasteiger partial charge in [0.1, 0.15) is 6.61 Å². The maximum Gasteiger partial charge on any atom is 0.254 e. The van der Waals surface area contributed by atoms with Crippen LogP contribution >= 0.6 is 11.6 Å². The van der Waals surface area contributed by atoms with E-state index in [-0.39, 0.29) is 17.9 Å². The van der Waals surface area contributed by atoms with Gasteiger partial charge in [-0.25, -0.2) is 4.98 Å². The smallest absolute Gasteiger partial charge is 0.254 e. The van der Waals surface area contributed by atoms with Crippen LogP contribution in [0.2, 0.25) is 5.02 Å². The molecule has 2 aliphatic heterocycles. The third-order valence-corrected chi connectivity index (χ3v) is 10.3. The molecule has 0 radical (unpaired) electrons. The van der Waals surface area contributed by atoms with E-state index in [1.54, 1.807) is 33.5 Å². The zero-order chi connectivity index (χ0) is 35.1. The number of carbonyl (C=O) groups is 1. The first kappa shape index (κ1) is 35.3. The van der Waals surface area contributed by atoms with Crippen molar-refractivity contribution in [3.8, 4) is 23.3 Å². The van der Waals surface area contributed by atoms with Crippen molar-refractivity contribution < 1.29 is 23.7 Å². The summed E-state index contributed by atoms with van der Waals surface area (Å²) in [5, 5.41) is 9.61. The van der Waals surface area contributed by atoms with Crippen LogP contribution in [-0.2, 0) is 16.7 Å². The van der Waals surface area contributed by atoms with Crippen LogP contribution in [0.5, 0.6) is 17.2 Å². The Labute approximate surface area is 298 Å². The molecule has 0 saturated carbocycles. The lowest BCUT2D eigenvalue weighted by molar-refractivity contribution is 0.0780. The predicted octanol–water partition coefficient (Wildman–Crippen LogP) is 5.64. The molecule has 264 valence electrons. The summed E-state index contributed by atoms with van der Waals surface area (Å²) < 4.78 is 24.3. The van der Waals surface area contributed by atoms with E-state index in [2.05, 4.69) is 32.6 Å². The van der Waals surface area contributed by atoms with Gasteiger partial charge in [0.25, 0.3) is 5.91 Å². The Morgan fingerprint density at radius 2 is 1.70 bits per heavy atom. The highest BCUT2D eigenvalue weighted by atomic mass is 35.5. The molecule has 1 amide bonds. The molecule has 3 aromatic carbocycles. The van der Waals surface area contributed by atoms with Crippen molar-refractivity contribution in [2.45, 2.75) is 31.2 Å². The van der Waals surface area contributed by atoms with E-state index in [9.17, 15) is 4.79 Å². The highest BCUT2D eigenvalue weighted by molar-refractivity contribution is 6.30. The second kappa shape index (κ2) is 16.0. The SMILES string of the molecule is COc1cc(C(=O)N2CCC(CCN3CCCN(c4nc5ccccc5n4CCOCC#N)CC3)(c3ccc(Cl)cc3)C2)cc(OC)c1OC. The van der Waals surface area contributed by atoms with E-state index in [4.69, 9.17) is 40.8 Å². The van der Waals surface area contributed by atoms with Gasteiger partial charge in [-0.2, -0.15) is 5.26 Å². The highest BCUT2D eigenvalue weighted by Gasteiger charge is 2.42. The molecule has 0 spiro atoms. The van der Waals surface area contributed by atoms with E-state index in [0.717, 1.165) is 69.0 Å². The van der Waals surface area contributed by atoms with E-state index < -0.39 is 0 Å². The van der Waals surface area contributed by atoms with Crippen LogP contribution in [0.3, 0.4) is 0 Å². The van der Waals surface area contributed by atoms with E-state index in [1.807, 2.05) is 41.3 Å². The number of nitriles is 1. The van der Waals surface area contributed by atoms with Crippen LogP contribution in [0.25, 0.3) is 11.0 Å². The fraction of sp³-hybridized carbons (Fsp3) is 0.447. The van der Waals surface area contributed by atoms with Crippen molar-refractivity contribution in [2.24, 2.45) is 0 Å². The van der Waals surface area contributed by atoms with E-state index in [1.165, 1.54) is 5.56 Å². The fourth-order valence-corrected chi connectivity index (χ4v) is 7.51. The number of amides is 1. The molecule has 3 heterocycles. The molecule has 0 aliphatic carbocycles. The summed E-state index contributed by atoms with van der Waals surface area (Å²) >= 11 is 6.33. The molecule has 2 saturated heterocycles. The topological polar surface area (TPSA) is 105 Å². The minimum absolute atomic E-state index is 0.0635. The van der Waals surface area contributed by atoms with Crippen molar-refractivity contribution >= 4 is 34.5 Å². The van der Waals surface area contributed by atoms with Gasteiger partial charge in [-0.15, -0.1) is 0 Å². The number of hydrogen-bond donors (Lipinski definition) is 0. The lowest BCUT2D eigenvalue weighted by atomic mass is 9.76. The largest absolute Gasteiger partial charge is 0.493 e. The molecule has 6 rings (SSSR count). The molecule has 1 unspecified atom stereocenters. The van der Waals surface area contributed by atoms with E-state index >= 15 is 0 Å². The van der Waals surface area contributed by atoms with Crippen LogP contribution in [0.1, 0.15) is 35.2 Å². The number of nitrogens with zero attached hydrogens (tertiary/aromatic N) is 6. The van der Waals surface area contributed by atoms with E-state index in [0.29, 0.717) is 54.1 Å². The number of benzene rings is 3. The molecule has 2 fully saturated rings. The van der Waals surface area contributed by atoms with Crippen LogP contribution < -0.4 is 19.1 Å². The van der Waals surface area contributed by atoms with Crippen LogP contribution in [0.15, 0.2) is 60.7 Å². The number of likely N-dealkylation sites (tertiary alicyclic amines) is 1. The molecule has 12 heteroatoms. The van der Waals surface area contributed by atoms with Gasteiger partial charge in [-0.05, 0) is 74.3 Å². The number of fused-ring (bicyclic) bond motifs is 1. The molecule has 50 heavy (non-hydrogen) atoms. The standard InChI is InChI=1S/C38H45ClN6O5/c1-47-33-25-28(26-34(48-2)35(33)49-3)36(46)44-19-14-38(27-44,29-9-11-30(39)12-10-29)13-18-42-16-6-17-43(21-20-42)37-41-31-7-4-5-8-32(31)45(37)22-24-50-23-15-40/h4-5,7-12,25-26H,6,13-14,16-24,27H2,1-3H3. The second-order valence-electron chi connectivity index (χ2n) is 12.9. The molecule has 1 atom stereocenters. The van der Waals surface area contributed by atoms with Gasteiger partial charge in [0.2, 0.25) is 11.7 Å². The fourth-order valence-electron chi connectivity index (χ4n) is 7.39. The number of imidazole rings is 1. The summed E-state index contributed by atoms with van der Waals surface area (Å²) in [6.45, 7) is 6.93. The molecular weight excluding hydrogens is 656 g/mol. The van der Waals surface area contributed by atoms with Crippen molar-refractivity contribution in [1.29, 1.82) is 5.26 Å². The number of rotatable bonds is 13. The molecule has 2 aliphatic rings. The first-order valence-electron chi connectivity index (χ1n) is 17.1. The molecule has 0 bridgehead atoms. The average Bonchev–Trinajstić information content (AvgIpc) is 3.66.